The molecule has 9 nitrogen and oxygen atoms in total. The van der Waals surface area contributed by atoms with Crippen LogP contribution in [0.15, 0.2) is 64.4 Å². The molecule has 184 valence electrons. The normalized spacial score (nSPS) is 14.7. The van der Waals surface area contributed by atoms with Gasteiger partial charge in [-0.3, -0.25) is 14.8 Å². The zero-order chi connectivity index (χ0) is 23.3. The Bertz CT molecular complexity index is 1300. The van der Waals surface area contributed by atoms with E-state index in [4.69, 9.17) is 9.15 Å². The highest BCUT2D eigenvalue weighted by Gasteiger charge is 2.19. The van der Waals surface area contributed by atoms with Gasteiger partial charge in [0, 0.05) is 44.0 Å². The van der Waals surface area contributed by atoms with Crippen LogP contribution < -0.4 is 15.6 Å². The second-order valence-corrected chi connectivity index (χ2v) is 8.47. The Labute approximate surface area is 209 Å². The minimum Gasteiger partial charge on any atom is -0.495 e. The Morgan fingerprint density at radius 3 is 2.77 bits per heavy atom. The van der Waals surface area contributed by atoms with E-state index in [0.29, 0.717) is 24.9 Å². The Hall–Kier alpha value is -3.27. The van der Waals surface area contributed by atoms with E-state index in [1.165, 1.54) is 0 Å². The summed E-state index contributed by atoms with van der Waals surface area (Å²) in [5, 5.41) is 3.61. The van der Waals surface area contributed by atoms with Crippen LogP contribution in [-0.4, -0.2) is 57.2 Å². The first kappa shape index (κ1) is 24.8. The lowest BCUT2D eigenvalue weighted by molar-refractivity contribution is 0.191. The number of halogens is 1. The average molecular weight is 497 g/mol. The summed E-state index contributed by atoms with van der Waals surface area (Å²) in [4.78, 5) is 28.3. The Morgan fingerprint density at radius 2 is 2.00 bits per heavy atom. The fourth-order valence-electron chi connectivity index (χ4n) is 4.38. The van der Waals surface area contributed by atoms with E-state index in [9.17, 15) is 4.79 Å². The number of furan rings is 1. The molecule has 1 saturated heterocycles. The number of methoxy groups -OCH3 is 1. The third kappa shape index (κ3) is 5.87. The van der Waals surface area contributed by atoms with E-state index in [1.54, 1.807) is 48.7 Å². The summed E-state index contributed by atoms with van der Waals surface area (Å²) in [6.45, 7) is 4.08. The highest BCUT2D eigenvalue weighted by atomic mass is 35.5. The van der Waals surface area contributed by atoms with Crippen LogP contribution in [-0.2, 0) is 13.1 Å². The molecular formula is C25H29ClN6O3. The van der Waals surface area contributed by atoms with Crippen LogP contribution in [0.4, 0.5) is 0 Å². The van der Waals surface area contributed by atoms with Gasteiger partial charge in [-0.25, -0.2) is 4.98 Å². The number of aromatic nitrogens is 4. The van der Waals surface area contributed by atoms with Crippen LogP contribution >= 0.6 is 12.4 Å². The van der Waals surface area contributed by atoms with Crippen molar-refractivity contribution in [3.05, 3.63) is 71.2 Å². The standard InChI is InChI=1S/C25H28N6O3.ClH/c1-33-20-13-23-21(28-16-20)4-5-25(32)31(23)11-10-30-8-6-18(7-9-30)27-15-19-14-26-17-22(29-19)24-3-2-12-34-24;/h2-5,12-14,16-18,27H,6-11,15H2,1H3;1H. The van der Waals surface area contributed by atoms with Crippen LogP contribution in [0.1, 0.15) is 18.5 Å². The summed E-state index contributed by atoms with van der Waals surface area (Å²) >= 11 is 0. The number of hydrogen-bond acceptors (Lipinski definition) is 8. The van der Waals surface area contributed by atoms with Gasteiger partial charge in [0.25, 0.3) is 5.56 Å². The lowest BCUT2D eigenvalue weighted by atomic mass is 10.0. The fraction of sp³-hybridized carbons (Fsp3) is 0.360. The predicted molar refractivity (Wildman–Crippen MR) is 136 cm³/mol. The molecule has 0 aliphatic carbocycles. The van der Waals surface area contributed by atoms with Crippen molar-refractivity contribution in [2.45, 2.75) is 32.0 Å². The van der Waals surface area contributed by atoms with Crippen molar-refractivity contribution < 1.29 is 9.15 Å². The van der Waals surface area contributed by atoms with Gasteiger partial charge in [-0.1, -0.05) is 0 Å². The summed E-state index contributed by atoms with van der Waals surface area (Å²) in [6.07, 6.45) is 8.92. The molecule has 35 heavy (non-hydrogen) atoms. The SMILES string of the molecule is COc1cnc2ccc(=O)n(CCN3CCC(NCc4cncc(-c5ccco5)n4)CC3)c2c1.Cl. The largest absolute Gasteiger partial charge is 0.495 e. The number of fused-ring (bicyclic) bond motifs is 1. The summed E-state index contributed by atoms with van der Waals surface area (Å²) < 4.78 is 12.5. The molecule has 4 aromatic rings. The van der Waals surface area contributed by atoms with Gasteiger partial charge in [0.15, 0.2) is 5.76 Å². The molecular weight excluding hydrogens is 468 g/mol. The van der Waals surface area contributed by atoms with Gasteiger partial charge < -0.3 is 23.9 Å². The molecule has 0 atom stereocenters. The number of ether oxygens (including phenoxy) is 1. The molecule has 4 aromatic heterocycles. The maximum Gasteiger partial charge on any atom is 0.251 e. The molecule has 10 heteroatoms. The highest BCUT2D eigenvalue weighted by molar-refractivity contribution is 5.85. The van der Waals surface area contributed by atoms with Crippen molar-refractivity contribution in [1.29, 1.82) is 0 Å². The van der Waals surface area contributed by atoms with Crippen molar-refractivity contribution in [2.75, 3.05) is 26.7 Å². The first-order valence-electron chi connectivity index (χ1n) is 11.5. The maximum atomic E-state index is 12.5. The molecule has 0 bridgehead atoms. The molecule has 0 unspecified atom stereocenters. The van der Waals surface area contributed by atoms with Gasteiger partial charge in [-0.2, -0.15) is 0 Å². The highest BCUT2D eigenvalue weighted by Crippen LogP contribution is 2.18. The van der Waals surface area contributed by atoms with Gasteiger partial charge in [0.2, 0.25) is 0 Å². The minimum absolute atomic E-state index is 0. The molecule has 0 spiro atoms. The first-order chi connectivity index (χ1) is 16.7. The number of nitrogens with zero attached hydrogens (tertiary/aromatic N) is 5. The lowest BCUT2D eigenvalue weighted by Crippen LogP contribution is -2.43. The van der Waals surface area contributed by atoms with Crippen LogP contribution in [0.5, 0.6) is 5.75 Å². The van der Waals surface area contributed by atoms with Gasteiger partial charge in [0.1, 0.15) is 11.4 Å². The monoisotopic (exact) mass is 496 g/mol. The van der Waals surface area contributed by atoms with Gasteiger partial charge in [0.05, 0.1) is 42.5 Å². The summed E-state index contributed by atoms with van der Waals surface area (Å²) in [5.74, 6) is 1.38. The van der Waals surface area contributed by atoms with Crippen molar-refractivity contribution in [3.63, 3.8) is 0 Å². The number of rotatable bonds is 8. The summed E-state index contributed by atoms with van der Waals surface area (Å²) in [7, 11) is 1.61. The minimum atomic E-state index is -0.0167. The van der Waals surface area contributed by atoms with Crippen LogP contribution in [0.25, 0.3) is 22.5 Å². The third-order valence-electron chi connectivity index (χ3n) is 6.31. The van der Waals surface area contributed by atoms with E-state index in [1.807, 2.05) is 18.2 Å². The zero-order valence-corrected chi connectivity index (χ0v) is 20.4. The van der Waals surface area contributed by atoms with E-state index in [0.717, 1.165) is 60.7 Å². The first-order valence-corrected chi connectivity index (χ1v) is 11.5. The van der Waals surface area contributed by atoms with E-state index < -0.39 is 0 Å². The molecule has 0 amide bonds. The number of piperidine rings is 1. The average Bonchev–Trinajstić information content (AvgIpc) is 3.43. The fourth-order valence-corrected chi connectivity index (χ4v) is 4.38. The van der Waals surface area contributed by atoms with E-state index >= 15 is 0 Å². The van der Waals surface area contributed by atoms with Gasteiger partial charge in [-0.15, -0.1) is 12.4 Å². The van der Waals surface area contributed by atoms with Crippen molar-refractivity contribution >= 4 is 23.4 Å². The Balaban J connectivity index is 0.00000289. The smallest absolute Gasteiger partial charge is 0.251 e. The lowest BCUT2D eigenvalue weighted by Gasteiger charge is -2.32. The Kier molecular flexibility index (Phi) is 8.12. The molecule has 5 heterocycles. The number of likely N-dealkylation sites (tertiary alicyclic amines) is 1. The van der Waals surface area contributed by atoms with Gasteiger partial charge >= 0.3 is 0 Å². The third-order valence-corrected chi connectivity index (χ3v) is 6.31. The molecule has 1 fully saturated rings. The molecule has 5 rings (SSSR count). The number of nitrogens with one attached hydrogen (secondary N) is 1. The van der Waals surface area contributed by atoms with Crippen LogP contribution in [0.3, 0.4) is 0 Å². The summed E-state index contributed by atoms with van der Waals surface area (Å²) in [5.41, 5.74) is 3.23. The van der Waals surface area contributed by atoms with E-state index in [2.05, 4.69) is 25.2 Å². The molecule has 0 radical (unpaired) electrons. The molecule has 0 aromatic carbocycles. The molecule has 1 aliphatic heterocycles. The molecule has 1 aliphatic rings. The maximum absolute atomic E-state index is 12.5. The number of pyridine rings is 2. The molecule has 1 N–H and O–H groups in total. The topological polar surface area (TPSA) is 98.3 Å². The quantitative estimate of drug-likeness (QED) is 0.397. The molecule has 0 saturated carbocycles. The zero-order valence-electron chi connectivity index (χ0n) is 19.6. The Morgan fingerprint density at radius 1 is 1.14 bits per heavy atom. The van der Waals surface area contributed by atoms with Crippen molar-refractivity contribution in [1.82, 2.24) is 29.7 Å². The van der Waals surface area contributed by atoms with Crippen molar-refractivity contribution in [2.24, 2.45) is 0 Å². The van der Waals surface area contributed by atoms with E-state index in [-0.39, 0.29) is 18.0 Å². The predicted octanol–water partition coefficient (Wildman–Crippen LogP) is 3.13. The van der Waals surface area contributed by atoms with Gasteiger partial charge in [-0.05, 0) is 44.1 Å². The number of hydrogen-bond donors (Lipinski definition) is 1. The summed E-state index contributed by atoms with van der Waals surface area (Å²) in [6, 6.07) is 9.39. The van der Waals surface area contributed by atoms with Crippen LogP contribution in [0, 0.1) is 0 Å². The second kappa shape index (κ2) is 11.4. The second-order valence-electron chi connectivity index (χ2n) is 8.47. The van der Waals surface area contributed by atoms with Crippen molar-refractivity contribution in [3.8, 4) is 17.2 Å². The van der Waals surface area contributed by atoms with Crippen LogP contribution in [0.2, 0.25) is 0 Å².